The van der Waals surface area contributed by atoms with E-state index in [0.29, 0.717) is 0 Å². The molecule has 0 fully saturated rings. The number of hydrogen-bond donors (Lipinski definition) is 1. The minimum atomic E-state index is -0.508. The van der Waals surface area contributed by atoms with Gasteiger partial charge in [0, 0.05) is 12.2 Å². The highest BCUT2D eigenvalue weighted by molar-refractivity contribution is 6.00. The number of nitrogens with one attached hydrogen (secondary N) is 1. The summed E-state index contributed by atoms with van der Waals surface area (Å²) in [6.07, 6.45) is 3.30. The Bertz CT molecular complexity index is 454. The molecule has 0 unspecified atom stereocenters. The van der Waals surface area contributed by atoms with Gasteiger partial charge in [0.1, 0.15) is 0 Å². The third-order valence-electron chi connectivity index (χ3n) is 3.76. The number of anilines is 1. The van der Waals surface area contributed by atoms with E-state index in [2.05, 4.69) is 23.5 Å². The maximum absolute atomic E-state index is 12.8. The van der Waals surface area contributed by atoms with Crippen LogP contribution in [-0.4, -0.2) is 24.5 Å². The second-order valence-electron chi connectivity index (χ2n) is 5.70. The molecular weight excluding hydrogens is 236 g/mol. The Morgan fingerprint density at radius 3 is 2.79 bits per heavy atom. The fraction of sp³-hybridized carbons (Fsp3) is 0.562. The largest absolute Gasteiger partial charge is 0.311 e. The zero-order valence-electron chi connectivity index (χ0n) is 12.2. The molecule has 2 rings (SSSR count). The van der Waals surface area contributed by atoms with E-state index in [9.17, 15) is 4.79 Å². The monoisotopic (exact) mass is 260 g/mol. The van der Waals surface area contributed by atoms with Gasteiger partial charge in [-0.25, -0.2) is 0 Å². The lowest BCUT2D eigenvalue weighted by atomic mass is 10.0. The summed E-state index contributed by atoms with van der Waals surface area (Å²) in [6.45, 7) is 7.59. The molecule has 1 aliphatic heterocycles. The van der Waals surface area contributed by atoms with Crippen molar-refractivity contribution in [3.8, 4) is 0 Å². The lowest BCUT2D eigenvalue weighted by molar-refractivity contribution is -0.123. The smallest absolute Gasteiger partial charge is 0.246 e. The van der Waals surface area contributed by atoms with Crippen LogP contribution in [0.25, 0.3) is 0 Å². The van der Waals surface area contributed by atoms with Crippen LogP contribution in [0.5, 0.6) is 0 Å². The molecule has 1 aliphatic rings. The molecule has 0 spiro atoms. The predicted octanol–water partition coefficient (Wildman–Crippen LogP) is 2.74. The van der Waals surface area contributed by atoms with Crippen molar-refractivity contribution in [2.75, 3.05) is 18.0 Å². The number of likely N-dealkylation sites (N-methyl/N-ethyl adjacent to an activating group) is 1. The van der Waals surface area contributed by atoms with Crippen LogP contribution in [0.3, 0.4) is 0 Å². The van der Waals surface area contributed by atoms with Crippen LogP contribution >= 0.6 is 0 Å². The van der Waals surface area contributed by atoms with Crippen molar-refractivity contribution in [3.05, 3.63) is 29.8 Å². The van der Waals surface area contributed by atoms with Crippen molar-refractivity contribution in [2.45, 2.75) is 45.6 Å². The van der Waals surface area contributed by atoms with E-state index < -0.39 is 5.54 Å². The van der Waals surface area contributed by atoms with Crippen LogP contribution in [-0.2, 0) is 11.2 Å². The zero-order valence-corrected chi connectivity index (χ0v) is 12.2. The number of benzene rings is 1. The number of nitrogens with zero attached hydrogens (tertiary/aromatic N) is 1. The third kappa shape index (κ3) is 2.98. The van der Waals surface area contributed by atoms with Crippen LogP contribution in [0.1, 0.15) is 39.2 Å². The van der Waals surface area contributed by atoms with E-state index in [0.717, 1.165) is 38.0 Å². The Morgan fingerprint density at radius 2 is 2.05 bits per heavy atom. The van der Waals surface area contributed by atoms with E-state index in [1.165, 1.54) is 5.56 Å². The number of aryl methyl sites for hydroxylation is 1. The summed E-state index contributed by atoms with van der Waals surface area (Å²) in [6, 6.07) is 8.29. The van der Waals surface area contributed by atoms with Crippen molar-refractivity contribution in [2.24, 2.45) is 0 Å². The van der Waals surface area contributed by atoms with Gasteiger partial charge in [0.25, 0.3) is 0 Å². The number of fused-ring (bicyclic) bond motifs is 1. The molecule has 0 aromatic heterocycles. The van der Waals surface area contributed by atoms with Crippen LogP contribution in [0.15, 0.2) is 24.3 Å². The quantitative estimate of drug-likeness (QED) is 0.906. The standard InChI is InChI=1S/C16H24N2O/c1-4-17-16(2,3)15(19)18-12-8-7-10-13-9-5-6-11-14(13)18/h5-6,9,11,17H,4,7-8,10,12H2,1-3H3. The second kappa shape index (κ2) is 5.74. The van der Waals surface area contributed by atoms with Crippen LogP contribution in [0.2, 0.25) is 0 Å². The molecule has 1 amide bonds. The topological polar surface area (TPSA) is 32.3 Å². The molecular formula is C16H24N2O. The Labute approximate surface area is 116 Å². The summed E-state index contributed by atoms with van der Waals surface area (Å²) in [5.41, 5.74) is 1.88. The molecule has 0 bridgehead atoms. The molecule has 3 heteroatoms. The molecule has 0 atom stereocenters. The maximum atomic E-state index is 12.8. The molecule has 1 N–H and O–H groups in total. The number of para-hydroxylation sites is 1. The number of carbonyl (C=O) groups is 1. The minimum Gasteiger partial charge on any atom is -0.311 e. The fourth-order valence-electron chi connectivity index (χ4n) is 2.76. The van der Waals surface area contributed by atoms with Gasteiger partial charge in [-0.1, -0.05) is 25.1 Å². The van der Waals surface area contributed by atoms with Gasteiger partial charge in [0.2, 0.25) is 5.91 Å². The molecule has 1 aromatic carbocycles. The van der Waals surface area contributed by atoms with Crippen molar-refractivity contribution in [3.63, 3.8) is 0 Å². The van der Waals surface area contributed by atoms with E-state index in [1.807, 2.05) is 31.7 Å². The molecule has 3 nitrogen and oxygen atoms in total. The van der Waals surface area contributed by atoms with E-state index in [-0.39, 0.29) is 5.91 Å². The van der Waals surface area contributed by atoms with Crippen LogP contribution in [0.4, 0.5) is 5.69 Å². The number of amides is 1. The first kappa shape index (κ1) is 14.1. The zero-order chi connectivity index (χ0) is 13.9. The van der Waals surface area contributed by atoms with Crippen molar-refractivity contribution < 1.29 is 4.79 Å². The van der Waals surface area contributed by atoms with Gasteiger partial charge in [0.05, 0.1) is 5.54 Å². The molecule has 1 aromatic rings. The van der Waals surface area contributed by atoms with Gasteiger partial charge >= 0.3 is 0 Å². The average Bonchev–Trinajstić information content (AvgIpc) is 2.60. The lowest BCUT2D eigenvalue weighted by Crippen LogP contribution is -2.54. The third-order valence-corrected chi connectivity index (χ3v) is 3.76. The van der Waals surface area contributed by atoms with Gasteiger partial charge in [-0.3, -0.25) is 4.79 Å². The number of rotatable bonds is 3. The average molecular weight is 260 g/mol. The lowest BCUT2D eigenvalue weighted by Gasteiger charge is -2.32. The SMILES string of the molecule is CCNC(C)(C)C(=O)N1CCCCc2ccccc21. The maximum Gasteiger partial charge on any atom is 0.246 e. The summed E-state index contributed by atoms with van der Waals surface area (Å²) in [5.74, 6) is 0.170. The van der Waals surface area contributed by atoms with Crippen LogP contribution in [0, 0.1) is 0 Å². The summed E-state index contributed by atoms with van der Waals surface area (Å²) in [5, 5.41) is 3.28. The van der Waals surface area contributed by atoms with Gasteiger partial charge in [-0.2, -0.15) is 0 Å². The highest BCUT2D eigenvalue weighted by Gasteiger charge is 2.33. The normalized spacial score (nSPS) is 15.8. The second-order valence-corrected chi connectivity index (χ2v) is 5.70. The van der Waals surface area contributed by atoms with Crippen molar-refractivity contribution in [1.29, 1.82) is 0 Å². The van der Waals surface area contributed by atoms with Crippen molar-refractivity contribution >= 4 is 11.6 Å². The Morgan fingerprint density at radius 1 is 1.32 bits per heavy atom. The minimum absolute atomic E-state index is 0.170. The summed E-state index contributed by atoms with van der Waals surface area (Å²) in [4.78, 5) is 14.8. The molecule has 0 aliphatic carbocycles. The molecule has 0 saturated carbocycles. The van der Waals surface area contributed by atoms with Gasteiger partial charge < -0.3 is 10.2 Å². The first-order valence-electron chi connectivity index (χ1n) is 7.21. The Balaban J connectivity index is 2.32. The van der Waals surface area contributed by atoms with E-state index in [1.54, 1.807) is 0 Å². The Kier molecular flexibility index (Phi) is 4.25. The van der Waals surface area contributed by atoms with E-state index in [4.69, 9.17) is 0 Å². The predicted molar refractivity (Wildman–Crippen MR) is 79.5 cm³/mol. The summed E-state index contributed by atoms with van der Waals surface area (Å²) >= 11 is 0. The van der Waals surface area contributed by atoms with Gasteiger partial charge in [0.15, 0.2) is 0 Å². The van der Waals surface area contributed by atoms with E-state index >= 15 is 0 Å². The summed E-state index contributed by atoms with van der Waals surface area (Å²) < 4.78 is 0. The molecule has 104 valence electrons. The molecule has 0 radical (unpaired) electrons. The highest BCUT2D eigenvalue weighted by Crippen LogP contribution is 2.27. The molecule has 0 saturated heterocycles. The summed E-state index contributed by atoms with van der Waals surface area (Å²) in [7, 11) is 0. The first-order valence-corrected chi connectivity index (χ1v) is 7.21. The highest BCUT2D eigenvalue weighted by atomic mass is 16.2. The van der Waals surface area contributed by atoms with Crippen molar-refractivity contribution in [1.82, 2.24) is 5.32 Å². The first-order chi connectivity index (χ1) is 9.06. The molecule has 1 heterocycles. The van der Waals surface area contributed by atoms with Gasteiger partial charge in [-0.05, 0) is 51.3 Å². The molecule has 19 heavy (non-hydrogen) atoms. The fourth-order valence-corrected chi connectivity index (χ4v) is 2.76. The number of carbonyl (C=O) groups excluding carboxylic acids is 1. The Hall–Kier alpha value is -1.35. The van der Waals surface area contributed by atoms with Gasteiger partial charge in [-0.15, -0.1) is 0 Å². The van der Waals surface area contributed by atoms with Crippen LogP contribution < -0.4 is 10.2 Å². The number of hydrogen-bond acceptors (Lipinski definition) is 2.